The molecule has 2 aromatic heterocycles. The van der Waals surface area contributed by atoms with E-state index >= 15 is 0 Å². The van der Waals surface area contributed by atoms with E-state index < -0.39 is 5.91 Å². The largest absolute Gasteiger partial charge is 0.451 e. The molecule has 3 aromatic carbocycles. The van der Waals surface area contributed by atoms with E-state index in [1.807, 2.05) is 12.1 Å². The number of aromatic nitrogens is 3. The van der Waals surface area contributed by atoms with E-state index in [-0.39, 0.29) is 10.9 Å². The molecule has 0 atom stereocenters. The van der Waals surface area contributed by atoms with Gasteiger partial charge in [0.2, 0.25) is 0 Å². The number of nitrogens with one attached hydrogen (secondary N) is 2. The molecule has 198 valence electrons. The van der Waals surface area contributed by atoms with E-state index in [0.717, 1.165) is 24.9 Å². The summed E-state index contributed by atoms with van der Waals surface area (Å²) in [5.41, 5.74) is 4.49. The first-order chi connectivity index (χ1) is 18.8. The minimum Gasteiger partial charge on any atom is -0.451 e. The number of carbonyl (C=O) groups excluding carboxylic acids is 1. The minimum atomic E-state index is -0.530. The zero-order chi connectivity index (χ0) is 27.5. The summed E-state index contributed by atoms with van der Waals surface area (Å²) in [7, 11) is 0. The lowest BCUT2D eigenvalue weighted by Gasteiger charge is -2.10. The van der Waals surface area contributed by atoms with Crippen LogP contribution in [0.15, 0.2) is 71.1 Å². The van der Waals surface area contributed by atoms with Crippen molar-refractivity contribution in [1.82, 2.24) is 20.3 Å². The Morgan fingerprint density at radius 2 is 1.64 bits per heavy atom. The number of rotatable bonds is 7. The highest BCUT2D eigenvalue weighted by molar-refractivity contribution is 7.80. The van der Waals surface area contributed by atoms with Gasteiger partial charge >= 0.3 is 0 Å². The van der Waals surface area contributed by atoms with Crippen molar-refractivity contribution in [2.45, 2.75) is 26.2 Å². The van der Waals surface area contributed by atoms with Crippen molar-refractivity contribution >= 4 is 74.8 Å². The van der Waals surface area contributed by atoms with E-state index in [4.69, 9.17) is 51.4 Å². The second-order valence-corrected chi connectivity index (χ2v) is 10.5. The molecule has 0 radical (unpaired) electrons. The number of anilines is 1. The zero-order valence-corrected chi connectivity index (χ0v) is 23.8. The molecule has 0 saturated heterocycles. The van der Waals surface area contributed by atoms with Crippen LogP contribution in [0.2, 0.25) is 15.1 Å². The fourth-order valence-electron chi connectivity index (χ4n) is 3.96. The molecule has 2 heterocycles. The Morgan fingerprint density at radius 1 is 0.949 bits per heavy atom. The van der Waals surface area contributed by atoms with Crippen molar-refractivity contribution < 1.29 is 9.21 Å². The molecule has 0 aliphatic heterocycles. The van der Waals surface area contributed by atoms with Crippen molar-refractivity contribution in [3.63, 3.8) is 0 Å². The van der Waals surface area contributed by atoms with Crippen molar-refractivity contribution in [3.05, 3.63) is 93.1 Å². The molecule has 11 heteroatoms. The minimum absolute atomic E-state index is 0.0417. The predicted molar refractivity (Wildman–Crippen MR) is 160 cm³/mol. The summed E-state index contributed by atoms with van der Waals surface area (Å²) in [4.78, 5) is 14.3. The average Bonchev–Trinajstić information content (AvgIpc) is 3.55. The fourth-order valence-corrected chi connectivity index (χ4v) is 4.89. The van der Waals surface area contributed by atoms with Gasteiger partial charge in [0.25, 0.3) is 5.91 Å². The van der Waals surface area contributed by atoms with Crippen LogP contribution in [0.4, 0.5) is 5.69 Å². The highest BCUT2D eigenvalue weighted by Crippen LogP contribution is 2.29. The molecule has 1 amide bonds. The Hall–Kier alpha value is -3.43. The van der Waals surface area contributed by atoms with Crippen LogP contribution in [0.25, 0.3) is 28.0 Å². The Labute approximate surface area is 245 Å². The van der Waals surface area contributed by atoms with Crippen molar-refractivity contribution in [2.24, 2.45) is 0 Å². The monoisotopic (exact) mass is 597 g/mol. The third-order valence-electron chi connectivity index (χ3n) is 5.91. The predicted octanol–water partition coefficient (Wildman–Crippen LogP) is 8.11. The van der Waals surface area contributed by atoms with Gasteiger partial charge in [-0.3, -0.25) is 10.1 Å². The van der Waals surface area contributed by atoms with Gasteiger partial charge in [-0.15, -0.1) is 10.2 Å². The summed E-state index contributed by atoms with van der Waals surface area (Å²) in [6.07, 6.45) is 3.35. The smallest absolute Gasteiger partial charge is 0.293 e. The number of nitrogens with zero attached hydrogens (tertiary/aromatic N) is 3. The summed E-state index contributed by atoms with van der Waals surface area (Å²) in [5.74, 6) is -0.0246. The molecule has 5 aromatic rings. The molecule has 0 bridgehead atoms. The van der Waals surface area contributed by atoms with Crippen molar-refractivity contribution in [1.29, 1.82) is 0 Å². The standard InChI is InChI=1S/C28H22Cl3N5O2S/c1-2-3-4-16-5-7-20(8-6-16)36-34-23-14-21(31)22(15-24(23)35-36)32-28(39)33-27(37)26-10-9-25(38-26)17-11-18(29)13-19(30)12-17/h5-15H,2-4H2,1H3,(H2,32,33,37,39). The number of hydrogen-bond donors (Lipinski definition) is 2. The lowest BCUT2D eigenvalue weighted by Crippen LogP contribution is -2.33. The fraction of sp³-hybridized carbons (Fsp3) is 0.143. The molecule has 7 nitrogen and oxygen atoms in total. The lowest BCUT2D eigenvalue weighted by atomic mass is 10.1. The highest BCUT2D eigenvalue weighted by Gasteiger charge is 2.16. The number of halogens is 3. The second kappa shape index (κ2) is 11.8. The second-order valence-electron chi connectivity index (χ2n) is 8.81. The molecular formula is C28H22Cl3N5O2S. The van der Waals surface area contributed by atoms with Gasteiger partial charge in [0, 0.05) is 15.6 Å². The molecule has 0 aliphatic rings. The molecule has 0 unspecified atom stereocenters. The van der Waals surface area contributed by atoms with Gasteiger partial charge in [0.05, 0.1) is 16.4 Å². The molecule has 0 saturated carbocycles. The quantitative estimate of drug-likeness (QED) is 0.184. The van der Waals surface area contributed by atoms with Gasteiger partial charge in [-0.25, -0.2) is 0 Å². The SMILES string of the molecule is CCCCc1ccc(-n2nc3cc(Cl)c(NC(=S)NC(=O)c4ccc(-c5cc(Cl)cc(Cl)c5)o4)cc3n2)cc1. The van der Waals surface area contributed by atoms with Crippen LogP contribution in [0.5, 0.6) is 0 Å². The van der Waals surface area contributed by atoms with Gasteiger partial charge in [-0.1, -0.05) is 60.3 Å². The number of amides is 1. The number of carbonyl (C=O) groups is 1. The number of unbranched alkanes of at least 4 members (excludes halogenated alkanes) is 1. The van der Waals surface area contributed by atoms with E-state index in [1.54, 1.807) is 41.2 Å². The average molecular weight is 599 g/mol. The van der Waals surface area contributed by atoms with E-state index in [1.165, 1.54) is 11.6 Å². The molecule has 5 rings (SSSR count). The first-order valence-corrected chi connectivity index (χ1v) is 13.7. The Morgan fingerprint density at radius 3 is 2.33 bits per heavy atom. The number of fused-ring (bicyclic) bond motifs is 1. The highest BCUT2D eigenvalue weighted by atomic mass is 35.5. The first-order valence-electron chi connectivity index (χ1n) is 12.1. The maximum atomic E-state index is 12.7. The van der Waals surface area contributed by atoms with E-state index in [0.29, 0.717) is 43.1 Å². The van der Waals surface area contributed by atoms with E-state index in [9.17, 15) is 4.79 Å². The summed E-state index contributed by atoms with van der Waals surface area (Å²) < 4.78 is 5.68. The van der Waals surface area contributed by atoms with Crippen molar-refractivity contribution in [3.8, 4) is 17.0 Å². The van der Waals surface area contributed by atoms with Gasteiger partial charge in [0.1, 0.15) is 16.8 Å². The van der Waals surface area contributed by atoms with Crippen molar-refractivity contribution in [2.75, 3.05) is 5.32 Å². The summed E-state index contributed by atoms with van der Waals surface area (Å²) in [6, 6.07) is 19.8. The normalized spacial score (nSPS) is 11.1. The molecular weight excluding hydrogens is 577 g/mol. The number of hydrogen-bond acceptors (Lipinski definition) is 5. The maximum Gasteiger partial charge on any atom is 0.293 e. The first kappa shape index (κ1) is 27.1. The summed E-state index contributed by atoms with van der Waals surface area (Å²) >= 11 is 23.9. The van der Waals surface area contributed by atoms with Crippen LogP contribution in [0, 0.1) is 0 Å². The van der Waals surface area contributed by atoms with Crippen LogP contribution >= 0.6 is 47.0 Å². The summed E-state index contributed by atoms with van der Waals surface area (Å²) in [5, 5.41) is 16.0. The number of thiocarbonyl (C=S) groups is 1. The summed E-state index contributed by atoms with van der Waals surface area (Å²) in [6.45, 7) is 2.18. The number of aryl methyl sites for hydroxylation is 1. The Bertz CT molecular complexity index is 1660. The molecule has 2 N–H and O–H groups in total. The number of benzene rings is 3. The molecule has 0 aliphatic carbocycles. The molecule has 0 spiro atoms. The van der Waals surface area contributed by atoms with Gasteiger partial charge in [-0.2, -0.15) is 4.80 Å². The van der Waals surface area contributed by atoms with E-state index in [2.05, 4.69) is 39.9 Å². The Balaban J connectivity index is 1.27. The molecule has 39 heavy (non-hydrogen) atoms. The third-order valence-corrected chi connectivity index (χ3v) is 6.86. The van der Waals surface area contributed by atoms with Crippen LogP contribution in [-0.2, 0) is 6.42 Å². The lowest BCUT2D eigenvalue weighted by molar-refractivity contribution is 0.0951. The van der Waals surface area contributed by atoms with Crippen LogP contribution in [0.1, 0.15) is 35.9 Å². The Kier molecular flexibility index (Phi) is 8.18. The topological polar surface area (TPSA) is 85.0 Å². The van der Waals surface area contributed by atoms with Crippen LogP contribution in [0.3, 0.4) is 0 Å². The maximum absolute atomic E-state index is 12.7. The van der Waals surface area contributed by atoms with Gasteiger partial charge in [0.15, 0.2) is 10.9 Å². The zero-order valence-electron chi connectivity index (χ0n) is 20.7. The number of furan rings is 1. The third kappa shape index (κ3) is 6.42. The van der Waals surface area contributed by atoms with Gasteiger partial charge in [-0.05, 0) is 85.2 Å². The van der Waals surface area contributed by atoms with Gasteiger partial charge < -0.3 is 9.73 Å². The van der Waals surface area contributed by atoms with Crippen LogP contribution < -0.4 is 10.6 Å². The molecule has 0 fully saturated rings. The van der Waals surface area contributed by atoms with Crippen LogP contribution in [-0.4, -0.2) is 26.0 Å².